The van der Waals surface area contributed by atoms with Gasteiger partial charge in [-0.15, -0.1) is 0 Å². The van der Waals surface area contributed by atoms with Crippen molar-refractivity contribution in [3.8, 4) is 0 Å². The summed E-state index contributed by atoms with van der Waals surface area (Å²) in [5.74, 6) is 0.151. The summed E-state index contributed by atoms with van der Waals surface area (Å²) in [6.45, 7) is 7.09. The Bertz CT molecular complexity index is 998. The van der Waals surface area contributed by atoms with E-state index >= 15 is 0 Å². The Morgan fingerprint density at radius 2 is 1.90 bits per heavy atom. The first-order valence-corrected chi connectivity index (χ1v) is 11.9. The van der Waals surface area contributed by atoms with Crippen LogP contribution in [0.3, 0.4) is 0 Å². The molecule has 1 unspecified atom stereocenters. The molecule has 1 fully saturated rings. The first kappa shape index (κ1) is 21.7. The highest BCUT2D eigenvalue weighted by Gasteiger charge is 2.34. The minimum atomic E-state index is -3.15. The van der Waals surface area contributed by atoms with Gasteiger partial charge in [-0.25, -0.2) is 17.1 Å². The second-order valence-electron chi connectivity index (χ2n) is 7.84. The van der Waals surface area contributed by atoms with Crippen molar-refractivity contribution in [2.24, 2.45) is 16.8 Å². The van der Waals surface area contributed by atoms with Gasteiger partial charge in [0, 0.05) is 36.2 Å². The molecule has 0 saturated carbocycles. The summed E-state index contributed by atoms with van der Waals surface area (Å²) in [5, 5.41) is 0. The van der Waals surface area contributed by atoms with Crippen molar-refractivity contribution in [2.75, 3.05) is 19.3 Å². The zero-order valence-electron chi connectivity index (χ0n) is 17.5. The summed E-state index contributed by atoms with van der Waals surface area (Å²) in [6, 6.07) is 4.82. The molecule has 2 aliphatic rings. The van der Waals surface area contributed by atoms with E-state index in [1.165, 1.54) is 12.3 Å². The maximum atomic E-state index is 13.6. The number of hydrogen-bond donors (Lipinski definition) is 0. The quantitative estimate of drug-likeness (QED) is 0.651. The fourth-order valence-corrected chi connectivity index (χ4v) is 5.06. The van der Waals surface area contributed by atoms with Crippen molar-refractivity contribution in [2.45, 2.75) is 33.6 Å². The number of aliphatic imine (C=N–C) groups is 1. The average Bonchev–Trinajstić information content (AvgIpc) is 2.98. The predicted molar refractivity (Wildman–Crippen MR) is 118 cm³/mol. The largest absolute Gasteiger partial charge is 0.256 e. The average molecular weight is 417 g/mol. The molecule has 1 aromatic rings. The normalized spacial score (nSPS) is 22.2. The Kier molecular flexibility index (Phi) is 6.54. The van der Waals surface area contributed by atoms with E-state index in [0.29, 0.717) is 13.1 Å². The third-order valence-corrected chi connectivity index (χ3v) is 7.09. The number of aryl methyl sites for hydroxylation is 1. The third-order valence-electron chi connectivity index (χ3n) is 5.79. The van der Waals surface area contributed by atoms with Crippen LogP contribution in [0, 0.1) is 24.6 Å². The van der Waals surface area contributed by atoms with E-state index in [1.54, 1.807) is 16.4 Å². The SMILES string of the molecule is C/C=C\C=C/C1=C(c2ccc(F)cc2C)N=C(C2CCN(S(C)(=O)=O)CC2)C1C. The van der Waals surface area contributed by atoms with E-state index < -0.39 is 10.0 Å². The third kappa shape index (κ3) is 4.75. The Hall–Kier alpha value is -2.05. The van der Waals surface area contributed by atoms with E-state index in [1.807, 2.05) is 32.1 Å². The molecule has 6 heteroatoms. The van der Waals surface area contributed by atoms with Gasteiger partial charge in [0.15, 0.2) is 0 Å². The van der Waals surface area contributed by atoms with Crippen LogP contribution in [0.2, 0.25) is 0 Å². The predicted octanol–water partition coefficient (Wildman–Crippen LogP) is 4.74. The van der Waals surface area contributed by atoms with Crippen molar-refractivity contribution in [3.63, 3.8) is 0 Å². The van der Waals surface area contributed by atoms with E-state index in [9.17, 15) is 12.8 Å². The number of benzene rings is 1. The zero-order valence-corrected chi connectivity index (χ0v) is 18.3. The molecule has 29 heavy (non-hydrogen) atoms. The molecular formula is C23H29FN2O2S. The number of hydrogen-bond acceptors (Lipinski definition) is 3. The van der Waals surface area contributed by atoms with Gasteiger partial charge < -0.3 is 0 Å². The second kappa shape index (κ2) is 8.76. The summed E-state index contributed by atoms with van der Waals surface area (Å²) in [5.41, 5.74) is 4.94. The lowest BCUT2D eigenvalue weighted by Gasteiger charge is -2.31. The van der Waals surface area contributed by atoms with Gasteiger partial charge in [0.1, 0.15) is 5.82 Å². The van der Waals surface area contributed by atoms with E-state index in [4.69, 9.17) is 4.99 Å². The standard InChI is InChI=1S/C23H29FN2O2S/c1-5-6-7-8-21-17(3)22(18-11-13-26(14-12-18)29(4,27)28)25-23(21)20-10-9-19(24)15-16(20)2/h5-10,15,17-18H,11-14H2,1-4H3/b6-5-,8-7-. The molecule has 1 atom stereocenters. The second-order valence-corrected chi connectivity index (χ2v) is 9.83. The maximum absolute atomic E-state index is 13.6. The topological polar surface area (TPSA) is 49.7 Å². The maximum Gasteiger partial charge on any atom is 0.211 e. The molecular weight excluding hydrogens is 387 g/mol. The molecule has 0 N–H and O–H groups in total. The van der Waals surface area contributed by atoms with E-state index in [0.717, 1.165) is 41.0 Å². The Morgan fingerprint density at radius 1 is 1.21 bits per heavy atom. The molecule has 0 amide bonds. The van der Waals surface area contributed by atoms with Crippen molar-refractivity contribution >= 4 is 21.4 Å². The molecule has 0 bridgehead atoms. The Balaban J connectivity index is 1.93. The molecule has 156 valence electrons. The van der Waals surface area contributed by atoms with Crippen LogP contribution in [0.1, 0.15) is 37.8 Å². The molecule has 1 aromatic carbocycles. The van der Waals surface area contributed by atoms with Crippen LogP contribution < -0.4 is 0 Å². The smallest absolute Gasteiger partial charge is 0.211 e. The molecule has 0 aromatic heterocycles. The van der Waals surface area contributed by atoms with Crippen LogP contribution >= 0.6 is 0 Å². The van der Waals surface area contributed by atoms with Crippen molar-refractivity contribution in [3.05, 3.63) is 65.0 Å². The van der Waals surface area contributed by atoms with Gasteiger partial charge in [0.2, 0.25) is 10.0 Å². The van der Waals surface area contributed by atoms with Crippen LogP contribution in [0.5, 0.6) is 0 Å². The number of halogens is 1. The molecule has 2 aliphatic heterocycles. The first-order chi connectivity index (χ1) is 13.7. The van der Waals surface area contributed by atoms with Gasteiger partial charge in [-0.2, -0.15) is 0 Å². The lowest BCUT2D eigenvalue weighted by molar-refractivity contribution is 0.315. The van der Waals surface area contributed by atoms with Crippen LogP contribution in [-0.2, 0) is 10.0 Å². The minimum absolute atomic E-state index is 0.144. The molecule has 0 spiro atoms. The number of sulfonamides is 1. The summed E-state index contributed by atoms with van der Waals surface area (Å²) < 4.78 is 38.8. The van der Waals surface area contributed by atoms with Gasteiger partial charge in [0.05, 0.1) is 12.0 Å². The lowest BCUT2D eigenvalue weighted by Crippen LogP contribution is -2.40. The number of rotatable bonds is 5. The minimum Gasteiger partial charge on any atom is -0.256 e. The van der Waals surface area contributed by atoms with Gasteiger partial charge >= 0.3 is 0 Å². The molecule has 1 saturated heterocycles. The van der Waals surface area contributed by atoms with Gasteiger partial charge in [0.25, 0.3) is 0 Å². The lowest BCUT2D eigenvalue weighted by atomic mass is 9.83. The zero-order chi connectivity index (χ0) is 21.2. The number of allylic oxidation sites excluding steroid dienone is 5. The summed E-state index contributed by atoms with van der Waals surface area (Å²) in [4.78, 5) is 5.03. The first-order valence-electron chi connectivity index (χ1n) is 10.1. The Labute approximate surface area is 173 Å². The van der Waals surface area contributed by atoms with Crippen molar-refractivity contribution in [1.29, 1.82) is 0 Å². The molecule has 0 radical (unpaired) electrons. The molecule has 4 nitrogen and oxygen atoms in total. The van der Waals surface area contributed by atoms with Gasteiger partial charge in [-0.1, -0.05) is 31.2 Å². The van der Waals surface area contributed by atoms with Crippen LogP contribution in [0.15, 0.2) is 53.1 Å². The molecule has 3 rings (SSSR count). The van der Waals surface area contributed by atoms with Crippen molar-refractivity contribution < 1.29 is 12.8 Å². The molecule has 0 aliphatic carbocycles. The monoisotopic (exact) mass is 416 g/mol. The van der Waals surface area contributed by atoms with Crippen LogP contribution in [0.25, 0.3) is 5.70 Å². The van der Waals surface area contributed by atoms with Gasteiger partial charge in [-0.05, 0) is 56.0 Å². The fraction of sp³-hybridized carbons (Fsp3) is 0.435. The summed E-state index contributed by atoms with van der Waals surface area (Å²) in [7, 11) is -3.15. The summed E-state index contributed by atoms with van der Waals surface area (Å²) >= 11 is 0. The highest BCUT2D eigenvalue weighted by molar-refractivity contribution is 7.88. The van der Waals surface area contributed by atoms with Gasteiger partial charge in [-0.3, -0.25) is 4.99 Å². The highest BCUT2D eigenvalue weighted by atomic mass is 32.2. The fourth-order valence-electron chi connectivity index (χ4n) is 4.19. The highest BCUT2D eigenvalue weighted by Crippen LogP contribution is 2.39. The van der Waals surface area contributed by atoms with Crippen LogP contribution in [0.4, 0.5) is 4.39 Å². The summed E-state index contributed by atoms with van der Waals surface area (Å²) in [6.07, 6.45) is 10.9. The van der Waals surface area contributed by atoms with E-state index in [-0.39, 0.29) is 17.7 Å². The van der Waals surface area contributed by atoms with E-state index in [2.05, 4.69) is 13.0 Å². The molecule has 2 heterocycles. The Morgan fingerprint density at radius 3 is 2.48 bits per heavy atom. The number of piperidine rings is 1. The number of nitrogens with zero attached hydrogens (tertiary/aromatic N) is 2. The van der Waals surface area contributed by atoms with Crippen molar-refractivity contribution in [1.82, 2.24) is 4.31 Å². The van der Waals surface area contributed by atoms with Crippen LogP contribution in [-0.4, -0.2) is 37.8 Å².